The van der Waals surface area contributed by atoms with Crippen LogP contribution in [0.5, 0.6) is 0 Å². The van der Waals surface area contributed by atoms with Crippen molar-refractivity contribution in [2.24, 2.45) is 4.99 Å². The van der Waals surface area contributed by atoms with Crippen molar-refractivity contribution in [2.45, 2.75) is 19.1 Å². The van der Waals surface area contributed by atoms with Gasteiger partial charge >= 0.3 is 12.1 Å². The molecule has 4 aromatic carbocycles. The zero-order chi connectivity index (χ0) is 35.9. The third-order valence-electron chi connectivity index (χ3n) is 8.30. The van der Waals surface area contributed by atoms with Gasteiger partial charge in [-0.25, -0.2) is 9.79 Å². The number of esters is 1. The second-order valence-electron chi connectivity index (χ2n) is 11.5. The quantitative estimate of drug-likeness (QED) is 0.152. The van der Waals surface area contributed by atoms with E-state index in [2.05, 4.69) is 25.5 Å². The van der Waals surface area contributed by atoms with E-state index in [1.165, 1.54) is 31.2 Å². The molecule has 12 heteroatoms. The molecule has 6 nitrogen and oxygen atoms in total. The molecule has 1 aliphatic heterocycles. The van der Waals surface area contributed by atoms with Gasteiger partial charge in [-0.05, 0) is 72.2 Å². The molecule has 3 heterocycles. The molecule has 2 aromatic heterocycles. The number of carbonyl (C=O) groups excluding carboxylic acids is 1. The Morgan fingerprint density at radius 1 is 0.941 bits per heavy atom. The summed E-state index contributed by atoms with van der Waals surface area (Å²) in [6.07, 6.45) is -3.34. The largest absolute Gasteiger partial charge is 0.463 e. The Balaban J connectivity index is 1.54. The molecule has 0 saturated heterocycles. The maximum absolute atomic E-state index is 14.7. The van der Waals surface area contributed by atoms with Crippen LogP contribution in [0.15, 0.2) is 141 Å². The third-order valence-corrected chi connectivity index (χ3v) is 10.1. The molecule has 6 aromatic rings. The van der Waals surface area contributed by atoms with Crippen molar-refractivity contribution in [1.29, 1.82) is 0 Å². The first-order chi connectivity index (χ1) is 24.5. The Hall–Kier alpha value is -4.97. The van der Waals surface area contributed by atoms with Crippen LogP contribution in [0.2, 0.25) is 5.02 Å². The number of rotatable bonds is 7. The van der Waals surface area contributed by atoms with E-state index < -0.39 is 35.0 Å². The minimum Gasteiger partial charge on any atom is -0.463 e. The van der Waals surface area contributed by atoms with Crippen molar-refractivity contribution >= 4 is 50.9 Å². The van der Waals surface area contributed by atoms with Gasteiger partial charge in [0.15, 0.2) is 10.5 Å². The molecule has 0 amide bonds. The number of aromatic nitrogens is 2. The first-order valence-electron chi connectivity index (χ1n) is 15.7. The van der Waals surface area contributed by atoms with Crippen LogP contribution in [0.25, 0.3) is 34.3 Å². The SMILES string of the molecule is CCOC(=O)C1=C(C(F)(F)F)N=c2s/c(=C\c3cc(-c4ccccc4)n(-c4ccc(Br)cc4)c3-c3ccccc3)c(=O)n2[C@H]1c1ccc(Cl)cc1. The van der Waals surface area contributed by atoms with Gasteiger partial charge in [0.2, 0.25) is 0 Å². The zero-order valence-corrected chi connectivity index (χ0v) is 29.9. The van der Waals surface area contributed by atoms with Crippen molar-refractivity contribution in [2.75, 3.05) is 6.61 Å². The number of ether oxygens (including phenoxy) is 1. The molecule has 0 N–H and O–H groups in total. The highest BCUT2D eigenvalue weighted by Crippen LogP contribution is 2.39. The van der Waals surface area contributed by atoms with E-state index in [0.717, 1.165) is 48.6 Å². The predicted octanol–water partition coefficient (Wildman–Crippen LogP) is 8.88. The van der Waals surface area contributed by atoms with Crippen LogP contribution in [0.4, 0.5) is 13.2 Å². The van der Waals surface area contributed by atoms with Crippen molar-refractivity contribution in [1.82, 2.24) is 9.13 Å². The highest BCUT2D eigenvalue weighted by atomic mass is 79.9. The van der Waals surface area contributed by atoms with Gasteiger partial charge in [-0.2, -0.15) is 13.2 Å². The van der Waals surface area contributed by atoms with Gasteiger partial charge in [-0.15, -0.1) is 0 Å². The lowest BCUT2D eigenvalue weighted by Crippen LogP contribution is -2.41. The van der Waals surface area contributed by atoms with Gasteiger partial charge in [0.25, 0.3) is 5.56 Å². The first-order valence-corrected chi connectivity index (χ1v) is 17.7. The summed E-state index contributed by atoms with van der Waals surface area (Å²) in [6, 6.07) is 33.7. The van der Waals surface area contributed by atoms with E-state index in [1.54, 1.807) is 6.08 Å². The monoisotopic (exact) mass is 787 g/mol. The fourth-order valence-corrected chi connectivity index (χ4v) is 7.54. The maximum Gasteiger partial charge on any atom is 0.434 e. The van der Waals surface area contributed by atoms with Crippen LogP contribution in [-0.4, -0.2) is 27.9 Å². The molecule has 1 atom stereocenters. The van der Waals surface area contributed by atoms with Crippen LogP contribution in [0, 0.1) is 0 Å². The number of alkyl halides is 3. The lowest BCUT2D eigenvalue weighted by molar-refractivity contribution is -0.140. The average molecular weight is 789 g/mol. The van der Waals surface area contributed by atoms with E-state index in [0.29, 0.717) is 10.6 Å². The van der Waals surface area contributed by atoms with E-state index in [1.807, 2.05) is 91.0 Å². The topological polar surface area (TPSA) is 65.6 Å². The summed E-state index contributed by atoms with van der Waals surface area (Å²) >= 11 is 10.5. The summed E-state index contributed by atoms with van der Waals surface area (Å²) < 4.78 is 53.3. The Morgan fingerprint density at radius 3 is 2.18 bits per heavy atom. The van der Waals surface area contributed by atoms with Gasteiger partial charge in [-0.3, -0.25) is 9.36 Å². The van der Waals surface area contributed by atoms with Crippen LogP contribution in [-0.2, 0) is 9.53 Å². The minimum absolute atomic E-state index is 0.129. The highest BCUT2D eigenvalue weighted by molar-refractivity contribution is 9.10. The lowest BCUT2D eigenvalue weighted by atomic mass is 9.95. The molecule has 0 fully saturated rings. The number of allylic oxidation sites excluding steroid dienone is 1. The minimum atomic E-state index is -5.02. The van der Waals surface area contributed by atoms with Crippen molar-refractivity contribution in [3.63, 3.8) is 0 Å². The Kier molecular flexibility index (Phi) is 9.45. The molecule has 7 rings (SSSR count). The number of carbonyl (C=O) groups is 1. The normalized spacial score (nSPS) is 14.7. The molecular formula is C39H26BrClF3N3O3S. The predicted molar refractivity (Wildman–Crippen MR) is 197 cm³/mol. The number of benzene rings is 4. The molecule has 256 valence electrons. The smallest absolute Gasteiger partial charge is 0.434 e. The van der Waals surface area contributed by atoms with Gasteiger partial charge in [0, 0.05) is 20.7 Å². The van der Waals surface area contributed by atoms with Crippen LogP contribution in [0.1, 0.15) is 24.1 Å². The molecule has 0 radical (unpaired) electrons. The van der Waals surface area contributed by atoms with Gasteiger partial charge in [0.05, 0.1) is 34.1 Å². The summed E-state index contributed by atoms with van der Waals surface area (Å²) in [4.78, 5) is 31.4. The highest BCUT2D eigenvalue weighted by Gasteiger charge is 2.45. The molecule has 0 saturated carbocycles. The first kappa shape index (κ1) is 34.5. The number of hydrogen-bond acceptors (Lipinski definition) is 5. The Labute approximate surface area is 307 Å². The Morgan fingerprint density at radius 2 is 1.57 bits per heavy atom. The number of nitrogens with zero attached hydrogens (tertiary/aromatic N) is 3. The average Bonchev–Trinajstić information content (AvgIpc) is 3.65. The second kappa shape index (κ2) is 14.0. The van der Waals surface area contributed by atoms with E-state index in [-0.39, 0.29) is 21.5 Å². The van der Waals surface area contributed by atoms with Crippen LogP contribution in [0.3, 0.4) is 0 Å². The van der Waals surface area contributed by atoms with Gasteiger partial charge in [0.1, 0.15) is 0 Å². The van der Waals surface area contributed by atoms with E-state index in [9.17, 15) is 22.8 Å². The molecule has 0 spiro atoms. The second-order valence-corrected chi connectivity index (χ2v) is 13.9. The van der Waals surface area contributed by atoms with E-state index in [4.69, 9.17) is 16.3 Å². The summed E-state index contributed by atoms with van der Waals surface area (Å²) in [6.45, 7) is 1.32. The molecule has 0 bridgehead atoms. The fourth-order valence-electron chi connectivity index (χ4n) is 6.15. The lowest BCUT2D eigenvalue weighted by Gasteiger charge is -2.26. The zero-order valence-electron chi connectivity index (χ0n) is 26.7. The number of halogens is 5. The fraction of sp³-hybridized carbons (Fsp3) is 0.103. The van der Waals surface area contributed by atoms with E-state index >= 15 is 0 Å². The van der Waals surface area contributed by atoms with Gasteiger partial charge in [-0.1, -0.05) is 112 Å². The molecule has 51 heavy (non-hydrogen) atoms. The summed E-state index contributed by atoms with van der Waals surface area (Å²) in [5.74, 6) is -1.21. The molecule has 0 aliphatic carbocycles. The molecular weight excluding hydrogens is 763 g/mol. The van der Waals surface area contributed by atoms with Crippen LogP contribution < -0.4 is 14.9 Å². The van der Waals surface area contributed by atoms with Crippen molar-refractivity contribution in [3.8, 4) is 28.2 Å². The summed E-state index contributed by atoms with van der Waals surface area (Å²) in [5, 5.41) is 0.335. The third kappa shape index (κ3) is 6.64. The summed E-state index contributed by atoms with van der Waals surface area (Å²) in [5.41, 5.74) is 2.31. The van der Waals surface area contributed by atoms with Crippen molar-refractivity contribution < 1.29 is 22.7 Å². The standard InChI is InChI=1S/C39H26BrClF3N3O3S/c1-2-50-37(49)32-34(25-13-17-28(41)18-14-25)47-36(48)31(51-38(47)45-35(32)39(42,43)44)22-26-21-30(23-9-5-3-6-10-23)46(29-19-15-27(40)16-20-29)33(26)24-11-7-4-8-12-24/h3-22,34H,2H2,1H3/b31-22-/t34-/m0/s1. The number of hydrogen-bond donors (Lipinski definition) is 0. The summed E-state index contributed by atoms with van der Waals surface area (Å²) in [7, 11) is 0. The van der Waals surface area contributed by atoms with Gasteiger partial charge < -0.3 is 9.30 Å². The molecule has 0 unspecified atom stereocenters. The van der Waals surface area contributed by atoms with Crippen LogP contribution >= 0.6 is 38.9 Å². The van der Waals surface area contributed by atoms with Crippen molar-refractivity contribution in [3.05, 3.63) is 167 Å². The number of thiazole rings is 1. The molecule has 1 aliphatic rings. The Bertz CT molecular complexity index is 2470. The maximum atomic E-state index is 14.7. The number of fused-ring (bicyclic) bond motifs is 1.